The Balaban J connectivity index is 2.54. The molecule has 1 aromatic heterocycles. The Bertz CT molecular complexity index is 620. The van der Waals surface area contributed by atoms with Crippen molar-refractivity contribution >= 4 is 27.3 Å². The lowest BCUT2D eigenvalue weighted by Crippen LogP contribution is -2.17. The van der Waals surface area contributed by atoms with Crippen LogP contribution in [0.3, 0.4) is 0 Å². The fourth-order valence-corrected chi connectivity index (χ4v) is 4.20. The molecule has 0 aliphatic rings. The van der Waals surface area contributed by atoms with E-state index in [0.29, 0.717) is 0 Å². The van der Waals surface area contributed by atoms with Crippen LogP contribution in [0.5, 0.6) is 11.5 Å². The van der Waals surface area contributed by atoms with Crippen LogP contribution in [-0.4, -0.2) is 21.3 Å². The maximum Gasteiger partial charge on any atom is 0.141 e. The number of halogens is 1. The van der Waals surface area contributed by atoms with Gasteiger partial charge in [0.15, 0.2) is 0 Å². The molecule has 0 spiro atoms. The lowest BCUT2D eigenvalue weighted by molar-refractivity contribution is 0.383. The molecule has 0 radical (unpaired) electrons. The van der Waals surface area contributed by atoms with Gasteiger partial charge in [0.05, 0.1) is 20.3 Å². The SMILES string of the molecule is CNC(c1cc(C)c(C)s1)c1ccc(OC)c(Br)c1OC. The maximum atomic E-state index is 5.60. The topological polar surface area (TPSA) is 30.5 Å². The van der Waals surface area contributed by atoms with Gasteiger partial charge in [0.25, 0.3) is 0 Å². The van der Waals surface area contributed by atoms with Crippen molar-refractivity contribution in [1.29, 1.82) is 0 Å². The summed E-state index contributed by atoms with van der Waals surface area (Å²) in [4.78, 5) is 2.62. The van der Waals surface area contributed by atoms with Crippen molar-refractivity contribution in [1.82, 2.24) is 5.32 Å². The van der Waals surface area contributed by atoms with Crippen LogP contribution >= 0.6 is 27.3 Å². The predicted octanol–water partition coefficient (Wildman–Crippen LogP) is 4.45. The van der Waals surface area contributed by atoms with Gasteiger partial charge in [0, 0.05) is 15.3 Å². The first-order valence-electron chi connectivity index (χ1n) is 6.68. The Labute approximate surface area is 138 Å². The van der Waals surface area contributed by atoms with E-state index in [2.05, 4.69) is 41.2 Å². The molecule has 2 rings (SSSR count). The summed E-state index contributed by atoms with van der Waals surface area (Å²) in [5, 5.41) is 3.38. The first-order chi connectivity index (χ1) is 10.0. The molecule has 1 atom stereocenters. The molecule has 1 unspecified atom stereocenters. The van der Waals surface area contributed by atoms with Crippen LogP contribution in [-0.2, 0) is 0 Å². The molecule has 3 nitrogen and oxygen atoms in total. The average molecular weight is 370 g/mol. The van der Waals surface area contributed by atoms with Gasteiger partial charge in [-0.05, 0) is 60.6 Å². The van der Waals surface area contributed by atoms with E-state index in [1.54, 1.807) is 14.2 Å². The van der Waals surface area contributed by atoms with Gasteiger partial charge >= 0.3 is 0 Å². The van der Waals surface area contributed by atoms with Gasteiger partial charge in [0.1, 0.15) is 16.0 Å². The molecule has 0 saturated carbocycles. The Hall–Kier alpha value is -1.04. The molecular formula is C16H20BrNO2S. The minimum atomic E-state index is 0.0968. The molecule has 0 saturated heterocycles. The third kappa shape index (κ3) is 3.10. The smallest absolute Gasteiger partial charge is 0.141 e. The van der Waals surface area contributed by atoms with Crippen molar-refractivity contribution in [3.8, 4) is 11.5 Å². The highest BCUT2D eigenvalue weighted by atomic mass is 79.9. The molecule has 0 aliphatic heterocycles. The summed E-state index contributed by atoms with van der Waals surface area (Å²) < 4.78 is 11.8. The zero-order valence-corrected chi connectivity index (χ0v) is 15.3. The highest BCUT2D eigenvalue weighted by Crippen LogP contribution is 2.42. The standard InChI is InChI=1S/C16H20BrNO2S/c1-9-8-13(21-10(9)2)15(18-3)11-6-7-12(19-4)14(17)16(11)20-5/h6-8,15,18H,1-5H3. The highest BCUT2D eigenvalue weighted by Gasteiger charge is 2.22. The van der Waals surface area contributed by atoms with E-state index in [1.165, 1.54) is 15.3 Å². The maximum absolute atomic E-state index is 5.60. The normalized spacial score (nSPS) is 12.3. The van der Waals surface area contributed by atoms with Gasteiger partial charge in [-0.2, -0.15) is 0 Å². The van der Waals surface area contributed by atoms with E-state index in [9.17, 15) is 0 Å². The van der Waals surface area contributed by atoms with Crippen molar-refractivity contribution in [2.24, 2.45) is 0 Å². The number of ether oxygens (including phenoxy) is 2. The van der Waals surface area contributed by atoms with Crippen LogP contribution in [0.4, 0.5) is 0 Å². The van der Waals surface area contributed by atoms with E-state index < -0.39 is 0 Å². The Morgan fingerprint density at radius 1 is 1.19 bits per heavy atom. The summed E-state index contributed by atoms with van der Waals surface area (Å²) in [6, 6.07) is 6.34. The minimum absolute atomic E-state index is 0.0968. The quantitative estimate of drug-likeness (QED) is 0.843. The van der Waals surface area contributed by atoms with E-state index in [1.807, 2.05) is 30.5 Å². The van der Waals surface area contributed by atoms with Crippen LogP contribution in [0.2, 0.25) is 0 Å². The van der Waals surface area contributed by atoms with E-state index in [0.717, 1.165) is 21.5 Å². The molecule has 0 fully saturated rings. The lowest BCUT2D eigenvalue weighted by Gasteiger charge is -2.20. The fourth-order valence-electron chi connectivity index (χ4n) is 2.34. The zero-order valence-electron chi connectivity index (χ0n) is 12.9. The number of hydrogen-bond donors (Lipinski definition) is 1. The van der Waals surface area contributed by atoms with Crippen LogP contribution in [0.1, 0.15) is 26.9 Å². The van der Waals surface area contributed by atoms with Gasteiger partial charge in [0.2, 0.25) is 0 Å². The summed E-state index contributed by atoms with van der Waals surface area (Å²) in [6.07, 6.45) is 0. The summed E-state index contributed by atoms with van der Waals surface area (Å²) in [7, 11) is 5.30. The number of thiophene rings is 1. The summed E-state index contributed by atoms with van der Waals surface area (Å²) in [5.41, 5.74) is 2.41. The summed E-state index contributed by atoms with van der Waals surface area (Å²) in [5.74, 6) is 1.57. The van der Waals surface area contributed by atoms with Crippen molar-refractivity contribution in [2.75, 3.05) is 21.3 Å². The van der Waals surface area contributed by atoms with Gasteiger partial charge < -0.3 is 14.8 Å². The molecule has 5 heteroatoms. The number of aryl methyl sites for hydroxylation is 2. The predicted molar refractivity (Wildman–Crippen MR) is 91.9 cm³/mol. The number of benzene rings is 1. The number of nitrogens with one attached hydrogen (secondary N) is 1. The van der Waals surface area contributed by atoms with Crippen molar-refractivity contribution in [3.05, 3.63) is 43.6 Å². The zero-order chi connectivity index (χ0) is 15.6. The molecular weight excluding hydrogens is 350 g/mol. The van der Waals surface area contributed by atoms with Crippen LogP contribution in [0.25, 0.3) is 0 Å². The molecule has 0 amide bonds. The average Bonchev–Trinajstić information content (AvgIpc) is 2.79. The first kappa shape index (κ1) is 16.3. The highest BCUT2D eigenvalue weighted by molar-refractivity contribution is 9.10. The van der Waals surface area contributed by atoms with Crippen LogP contribution < -0.4 is 14.8 Å². The molecule has 114 valence electrons. The van der Waals surface area contributed by atoms with Gasteiger partial charge in [-0.25, -0.2) is 0 Å². The summed E-state index contributed by atoms with van der Waals surface area (Å²) in [6.45, 7) is 4.29. The third-order valence-electron chi connectivity index (χ3n) is 3.59. The second kappa shape index (κ2) is 6.81. The van der Waals surface area contributed by atoms with E-state index in [4.69, 9.17) is 9.47 Å². The van der Waals surface area contributed by atoms with Crippen LogP contribution in [0.15, 0.2) is 22.7 Å². The molecule has 21 heavy (non-hydrogen) atoms. The van der Waals surface area contributed by atoms with Crippen molar-refractivity contribution in [3.63, 3.8) is 0 Å². The summed E-state index contributed by atoms with van der Waals surface area (Å²) >= 11 is 5.38. The molecule has 0 aliphatic carbocycles. The van der Waals surface area contributed by atoms with Crippen molar-refractivity contribution in [2.45, 2.75) is 19.9 Å². The Morgan fingerprint density at radius 2 is 1.90 bits per heavy atom. The Morgan fingerprint density at radius 3 is 2.38 bits per heavy atom. The van der Waals surface area contributed by atoms with Gasteiger partial charge in [-0.15, -0.1) is 11.3 Å². The van der Waals surface area contributed by atoms with Gasteiger partial charge in [-0.1, -0.05) is 0 Å². The minimum Gasteiger partial charge on any atom is -0.495 e. The molecule has 0 bridgehead atoms. The van der Waals surface area contributed by atoms with E-state index >= 15 is 0 Å². The number of methoxy groups -OCH3 is 2. The second-order valence-electron chi connectivity index (χ2n) is 4.81. The second-order valence-corrected chi connectivity index (χ2v) is 6.89. The van der Waals surface area contributed by atoms with Crippen LogP contribution in [0, 0.1) is 13.8 Å². The molecule has 1 aromatic carbocycles. The molecule has 1 N–H and O–H groups in total. The lowest BCUT2D eigenvalue weighted by atomic mass is 10.0. The van der Waals surface area contributed by atoms with Crippen molar-refractivity contribution < 1.29 is 9.47 Å². The monoisotopic (exact) mass is 369 g/mol. The number of rotatable bonds is 5. The Kier molecular flexibility index (Phi) is 5.30. The number of hydrogen-bond acceptors (Lipinski definition) is 4. The largest absolute Gasteiger partial charge is 0.495 e. The first-order valence-corrected chi connectivity index (χ1v) is 8.29. The van der Waals surface area contributed by atoms with E-state index in [-0.39, 0.29) is 6.04 Å². The third-order valence-corrected chi connectivity index (χ3v) is 5.55. The molecule has 2 aromatic rings. The fraction of sp³-hybridized carbons (Fsp3) is 0.375. The molecule has 1 heterocycles. The van der Waals surface area contributed by atoms with Gasteiger partial charge in [-0.3, -0.25) is 0 Å².